The highest BCUT2D eigenvalue weighted by Crippen LogP contribution is 2.37. The van der Waals surface area contributed by atoms with E-state index in [4.69, 9.17) is 14.5 Å². The SMILES string of the molecule is Cc1nc2c(Oc3ccccc3)nnc(Oc3ccccc3)c2n1Cc1ccccc1-c1ccccc1-c1nn[nH]n1. The van der Waals surface area contributed by atoms with E-state index in [1.54, 1.807) is 0 Å². The summed E-state index contributed by atoms with van der Waals surface area (Å²) in [4.78, 5) is 4.89. The molecule has 0 aliphatic rings. The number of aromatic amines is 1. The monoisotopic (exact) mass is 552 g/mol. The van der Waals surface area contributed by atoms with Crippen LogP contribution in [0.5, 0.6) is 23.3 Å². The van der Waals surface area contributed by atoms with E-state index in [-0.39, 0.29) is 0 Å². The van der Waals surface area contributed by atoms with Gasteiger partial charge >= 0.3 is 0 Å². The third-order valence-corrected chi connectivity index (χ3v) is 6.86. The van der Waals surface area contributed by atoms with E-state index >= 15 is 0 Å². The Balaban J connectivity index is 1.36. The second-order valence-corrected chi connectivity index (χ2v) is 9.52. The van der Waals surface area contributed by atoms with Crippen LogP contribution in [0.25, 0.3) is 33.5 Å². The fraction of sp³-hybridized carbons (Fsp3) is 0.0625. The molecule has 0 aliphatic heterocycles. The summed E-state index contributed by atoms with van der Waals surface area (Å²) in [6, 6.07) is 35.2. The van der Waals surface area contributed by atoms with Crippen molar-refractivity contribution in [2.24, 2.45) is 0 Å². The minimum Gasteiger partial charge on any atom is -0.436 e. The van der Waals surface area contributed by atoms with E-state index in [9.17, 15) is 0 Å². The first-order valence-corrected chi connectivity index (χ1v) is 13.3. The zero-order valence-corrected chi connectivity index (χ0v) is 22.5. The van der Waals surface area contributed by atoms with E-state index in [0.717, 1.165) is 28.1 Å². The highest BCUT2D eigenvalue weighted by molar-refractivity contribution is 5.86. The van der Waals surface area contributed by atoms with Gasteiger partial charge in [-0.3, -0.25) is 0 Å². The molecule has 7 aromatic rings. The van der Waals surface area contributed by atoms with Crippen LogP contribution in [0.4, 0.5) is 0 Å². The van der Waals surface area contributed by atoms with Gasteiger partial charge in [0.15, 0.2) is 5.52 Å². The third-order valence-electron chi connectivity index (χ3n) is 6.86. The van der Waals surface area contributed by atoms with Crippen molar-refractivity contribution in [1.82, 2.24) is 40.4 Å². The summed E-state index contributed by atoms with van der Waals surface area (Å²) in [5.41, 5.74) is 5.20. The van der Waals surface area contributed by atoms with E-state index < -0.39 is 0 Å². The lowest BCUT2D eigenvalue weighted by atomic mass is 9.95. The number of hydrogen-bond donors (Lipinski definition) is 1. The van der Waals surface area contributed by atoms with Gasteiger partial charge in [-0.05, 0) is 53.1 Å². The first kappa shape index (κ1) is 25.1. The zero-order valence-electron chi connectivity index (χ0n) is 22.5. The Labute approximate surface area is 240 Å². The van der Waals surface area contributed by atoms with Crippen molar-refractivity contribution in [2.45, 2.75) is 13.5 Å². The number of aryl methyl sites for hydroxylation is 1. The fourth-order valence-corrected chi connectivity index (χ4v) is 4.93. The first-order valence-electron chi connectivity index (χ1n) is 13.3. The van der Waals surface area contributed by atoms with Gasteiger partial charge in [-0.25, -0.2) is 4.98 Å². The van der Waals surface area contributed by atoms with Gasteiger partial charge in [0.1, 0.15) is 22.8 Å². The summed E-state index contributed by atoms with van der Waals surface area (Å²) in [5.74, 6) is 3.21. The number of tetrazole rings is 1. The second kappa shape index (κ2) is 10.9. The van der Waals surface area contributed by atoms with Crippen LogP contribution in [0.2, 0.25) is 0 Å². The molecule has 1 N–H and O–H groups in total. The number of nitrogens with one attached hydrogen (secondary N) is 1. The second-order valence-electron chi connectivity index (χ2n) is 9.52. The number of benzene rings is 4. The molecule has 0 amide bonds. The normalized spacial score (nSPS) is 11.1. The number of imidazole rings is 1. The van der Waals surface area contributed by atoms with Crippen molar-refractivity contribution in [3.63, 3.8) is 0 Å². The number of fused-ring (bicyclic) bond motifs is 1. The van der Waals surface area contributed by atoms with Gasteiger partial charge in [0, 0.05) is 5.56 Å². The summed E-state index contributed by atoms with van der Waals surface area (Å²) in [6.07, 6.45) is 0. The van der Waals surface area contributed by atoms with Crippen molar-refractivity contribution in [3.05, 3.63) is 121 Å². The minimum absolute atomic E-state index is 0.300. The lowest BCUT2D eigenvalue weighted by molar-refractivity contribution is 0.434. The Morgan fingerprint density at radius 1 is 0.643 bits per heavy atom. The van der Waals surface area contributed by atoms with Crippen LogP contribution < -0.4 is 9.47 Å². The Morgan fingerprint density at radius 3 is 1.93 bits per heavy atom. The van der Waals surface area contributed by atoms with Crippen LogP contribution in [-0.4, -0.2) is 40.4 Å². The summed E-state index contributed by atoms with van der Waals surface area (Å²) in [5, 5.41) is 23.6. The smallest absolute Gasteiger partial charge is 0.267 e. The molecule has 0 aliphatic carbocycles. The molecule has 10 nitrogen and oxygen atoms in total. The molecule has 0 spiro atoms. The highest BCUT2D eigenvalue weighted by Gasteiger charge is 2.22. The van der Waals surface area contributed by atoms with Crippen LogP contribution >= 0.6 is 0 Å². The molecule has 204 valence electrons. The van der Waals surface area contributed by atoms with E-state index in [0.29, 0.717) is 46.7 Å². The molecule has 3 heterocycles. The molecule has 0 unspecified atom stereocenters. The Morgan fingerprint density at radius 2 is 1.24 bits per heavy atom. The lowest BCUT2D eigenvalue weighted by Crippen LogP contribution is -2.06. The van der Waals surface area contributed by atoms with Gasteiger partial charge in [0.25, 0.3) is 11.8 Å². The summed E-state index contributed by atoms with van der Waals surface area (Å²) in [6.45, 7) is 2.44. The molecule has 0 saturated carbocycles. The molecule has 3 aromatic heterocycles. The number of nitrogens with zero attached hydrogens (tertiary/aromatic N) is 7. The Bertz CT molecular complexity index is 1970. The van der Waals surface area contributed by atoms with E-state index in [2.05, 4.69) is 53.6 Å². The van der Waals surface area contributed by atoms with Gasteiger partial charge < -0.3 is 14.0 Å². The topological polar surface area (TPSA) is 117 Å². The number of H-pyrrole nitrogens is 1. The van der Waals surface area contributed by atoms with Crippen LogP contribution in [0.1, 0.15) is 11.4 Å². The van der Waals surface area contributed by atoms with Crippen LogP contribution in [0.15, 0.2) is 109 Å². The van der Waals surface area contributed by atoms with Crippen molar-refractivity contribution in [3.8, 4) is 45.8 Å². The number of rotatable bonds is 8. The predicted octanol–water partition coefficient (Wildman–Crippen LogP) is 6.61. The quantitative estimate of drug-likeness (QED) is 0.224. The molecule has 7 rings (SSSR count). The average Bonchev–Trinajstić information content (AvgIpc) is 3.69. The molecule has 10 heteroatoms. The number of hydrogen-bond acceptors (Lipinski definition) is 8. The van der Waals surface area contributed by atoms with Gasteiger partial charge in [-0.15, -0.1) is 20.4 Å². The van der Waals surface area contributed by atoms with Gasteiger partial charge in [-0.1, -0.05) is 84.9 Å². The molecule has 0 atom stereocenters. The number of ether oxygens (including phenoxy) is 2. The molecule has 0 saturated heterocycles. The van der Waals surface area contributed by atoms with Crippen molar-refractivity contribution < 1.29 is 9.47 Å². The minimum atomic E-state index is 0.300. The molecule has 42 heavy (non-hydrogen) atoms. The molecule has 0 bridgehead atoms. The molecular weight excluding hydrogens is 528 g/mol. The van der Waals surface area contributed by atoms with Gasteiger partial charge in [0.05, 0.1) is 6.54 Å². The third kappa shape index (κ3) is 4.81. The van der Waals surface area contributed by atoms with Gasteiger partial charge in [0.2, 0.25) is 5.82 Å². The molecule has 4 aromatic carbocycles. The number of para-hydroxylation sites is 2. The van der Waals surface area contributed by atoms with Crippen LogP contribution in [-0.2, 0) is 6.54 Å². The molecule has 0 radical (unpaired) electrons. The van der Waals surface area contributed by atoms with E-state index in [1.165, 1.54) is 0 Å². The van der Waals surface area contributed by atoms with E-state index in [1.807, 2.05) is 97.9 Å². The van der Waals surface area contributed by atoms with Crippen molar-refractivity contribution >= 4 is 11.0 Å². The predicted molar refractivity (Wildman–Crippen MR) is 157 cm³/mol. The first-order chi connectivity index (χ1) is 20.7. The molecule has 0 fully saturated rings. The summed E-state index contributed by atoms with van der Waals surface area (Å²) >= 11 is 0. The largest absolute Gasteiger partial charge is 0.436 e. The fourth-order valence-electron chi connectivity index (χ4n) is 4.93. The van der Waals surface area contributed by atoms with Crippen LogP contribution in [0.3, 0.4) is 0 Å². The average molecular weight is 553 g/mol. The summed E-state index contributed by atoms with van der Waals surface area (Å²) < 4.78 is 14.5. The van der Waals surface area contributed by atoms with Crippen LogP contribution in [0, 0.1) is 6.92 Å². The van der Waals surface area contributed by atoms with Gasteiger partial charge in [-0.2, -0.15) is 5.21 Å². The highest BCUT2D eigenvalue weighted by atomic mass is 16.5. The lowest BCUT2D eigenvalue weighted by Gasteiger charge is -2.15. The summed E-state index contributed by atoms with van der Waals surface area (Å²) in [7, 11) is 0. The maximum atomic E-state index is 6.25. The van der Waals surface area contributed by atoms with Crippen molar-refractivity contribution in [1.29, 1.82) is 0 Å². The Kier molecular flexibility index (Phi) is 6.53. The zero-order chi connectivity index (χ0) is 28.3. The van der Waals surface area contributed by atoms with Crippen molar-refractivity contribution in [2.75, 3.05) is 0 Å². The molecular formula is C32H24N8O2. The standard InChI is InChI=1S/C32H24N8O2/c1-21-33-28-29(32(42-24-15-6-3-7-16-24)37-36-31(28)41-23-13-4-2-5-14-23)40(21)20-22-12-8-9-17-25(22)26-18-10-11-19-27(26)30-34-38-39-35-30/h2-19H,20H2,1H3,(H,34,35,38,39). The Hall–Kier alpha value is -5.90. The maximum absolute atomic E-state index is 6.25. The maximum Gasteiger partial charge on any atom is 0.267 e. The number of aromatic nitrogens is 8.